The number of hydrogen-bond donors (Lipinski definition) is 0. The van der Waals surface area contributed by atoms with Gasteiger partial charge in [-0.25, -0.2) is 8.42 Å². The number of allylic oxidation sites excluding steroid dienone is 1. The Kier molecular flexibility index (Phi) is 43.4. The predicted octanol–water partition coefficient (Wildman–Crippen LogP) is 11.3. The molecule has 276 valence electrons. The fraction of sp³-hybridized carbons (Fsp3) is 0.951. The van der Waals surface area contributed by atoms with Crippen LogP contribution in [0.15, 0.2) is 12.2 Å². The van der Waals surface area contributed by atoms with Crippen LogP contribution in [0.2, 0.25) is 0 Å². The van der Waals surface area contributed by atoms with E-state index in [0.717, 1.165) is 19.3 Å². The van der Waals surface area contributed by atoms with Crippen LogP contribution >= 0.6 is 0 Å². The molecule has 0 aromatic rings. The van der Waals surface area contributed by atoms with Gasteiger partial charge in [0.25, 0.3) is 0 Å². The summed E-state index contributed by atoms with van der Waals surface area (Å²) >= 11 is 0. The quantitative estimate of drug-likeness (QED) is 0.0211. The van der Waals surface area contributed by atoms with Gasteiger partial charge in [0.05, 0.1) is 6.61 Å². The molecule has 0 aromatic heterocycles. The average molecular weight is 693 g/mol. The second kappa shape index (κ2) is 41.0. The van der Waals surface area contributed by atoms with E-state index in [-0.39, 0.29) is 42.1 Å². The van der Waals surface area contributed by atoms with Gasteiger partial charge < -0.3 is 4.55 Å². The van der Waals surface area contributed by atoms with E-state index in [1.54, 1.807) is 0 Å². The Morgan fingerprint density at radius 3 is 1.04 bits per heavy atom. The minimum Gasteiger partial charge on any atom is -0.726 e. The Bertz CT molecular complexity index is 712. The van der Waals surface area contributed by atoms with Crippen molar-refractivity contribution in [3.63, 3.8) is 0 Å². The maximum Gasteiger partial charge on any atom is 1.00 e. The zero-order valence-corrected chi connectivity index (χ0v) is 35.0. The molecule has 6 heteroatoms. The van der Waals surface area contributed by atoms with E-state index in [2.05, 4.69) is 30.2 Å². The zero-order chi connectivity index (χ0) is 33.7. The van der Waals surface area contributed by atoms with Crippen molar-refractivity contribution in [2.75, 3.05) is 6.61 Å². The van der Waals surface area contributed by atoms with Crippen LogP contribution in [0.25, 0.3) is 0 Å². The second-order valence-electron chi connectivity index (χ2n) is 14.4. The Balaban J connectivity index is 0. The summed E-state index contributed by atoms with van der Waals surface area (Å²) < 4.78 is 37.6. The first-order chi connectivity index (χ1) is 22.5. The molecule has 0 N–H and O–H groups in total. The van der Waals surface area contributed by atoms with E-state index >= 15 is 0 Å². The maximum absolute atomic E-state index is 11.0. The van der Waals surface area contributed by atoms with Crippen LogP contribution in [0.5, 0.6) is 0 Å². The van der Waals surface area contributed by atoms with Crippen molar-refractivity contribution in [2.24, 2.45) is 5.92 Å². The van der Waals surface area contributed by atoms with Crippen LogP contribution < -0.4 is 29.6 Å². The van der Waals surface area contributed by atoms with Gasteiger partial charge >= 0.3 is 29.6 Å². The third kappa shape index (κ3) is 44.6. The predicted molar refractivity (Wildman–Crippen MR) is 201 cm³/mol. The standard InChI is InChI=1S/C41H82O4S.Na/c1-3-5-7-9-11-13-15-17-19-20-21-22-23-25-27-29-31-33-35-37-39-41(40-45-46(42,43)44)38-36-34-32-30-28-26-24-18-16-14-12-10-8-6-4-2;/h37,39,41H,3-36,38,40H2,1-2H3,(H,42,43,44);/q;+1/p-1/b39-37+;. The topological polar surface area (TPSA) is 66.4 Å². The molecule has 1 unspecified atom stereocenters. The summed E-state index contributed by atoms with van der Waals surface area (Å²) in [4.78, 5) is 0. The molecular formula is C41H81NaO4S. The van der Waals surface area contributed by atoms with Crippen LogP contribution in [0, 0.1) is 5.92 Å². The van der Waals surface area contributed by atoms with Gasteiger partial charge in [-0.2, -0.15) is 0 Å². The first-order valence-electron chi connectivity index (χ1n) is 20.8. The average Bonchev–Trinajstić information content (AvgIpc) is 3.03. The number of hydrogen-bond acceptors (Lipinski definition) is 4. The molecule has 47 heavy (non-hydrogen) atoms. The summed E-state index contributed by atoms with van der Waals surface area (Å²) in [6, 6.07) is 0. The molecule has 0 aromatic carbocycles. The summed E-state index contributed by atoms with van der Waals surface area (Å²) in [6.45, 7) is 4.55. The first-order valence-corrected chi connectivity index (χ1v) is 22.1. The molecule has 1 atom stereocenters. The first kappa shape index (κ1) is 49.7. The molecule has 0 spiro atoms. The number of unbranched alkanes of at least 4 members (excludes halogenated alkanes) is 32. The summed E-state index contributed by atoms with van der Waals surface area (Å²) in [7, 11) is -4.63. The fourth-order valence-electron chi connectivity index (χ4n) is 6.64. The second-order valence-corrected chi connectivity index (χ2v) is 15.5. The molecule has 0 amide bonds. The van der Waals surface area contributed by atoms with E-state index < -0.39 is 10.4 Å². The van der Waals surface area contributed by atoms with Gasteiger partial charge in [-0.15, -0.1) is 0 Å². The van der Waals surface area contributed by atoms with Gasteiger partial charge in [-0.05, 0) is 19.3 Å². The van der Waals surface area contributed by atoms with Crippen molar-refractivity contribution in [1.29, 1.82) is 0 Å². The molecule has 0 heterocycles. The summed E-state index contributed by atoms with van der Waals surface area (Å²) in [5.74, 6) is 0.0150. The van der Waals surface area contributed by atoms with Gasteiger partial charge in [0.15, 0.2) is 0 Å². The van der Waals surface area contributed by atoms with Crippen molar-refractivity contribution >= 4 is 10.4 Å². The van der Waals surface area contributed by atoms with Gasteiger partial charge in [0, 0.05) is 5.92 Å². The molecule has 0 aliphatic carbocycles. The van der Waals surface area contributed by atoms with Crippen LogP contribution in [-0.4, -0.2) is 19.6 Å². The van der Waals surface area contributed by atoms with Gasteiger partial charge in [0.1, 0.15) is 0 Å². The molecule has 0 saturated heterocycles. The Morgan fingerprint density at radius 1 is 0.468 bits per heavy atom. The van der Waals surface area contributed by atoms with E-state index in [1.165, 1.54) is 205 Å². The molecular weight excluding hydrogens is 612 g/mol. The molecule has 0 aliphatic rings. The minimum absolute atomic E-state index is 0. The normalized spacial score (nSPS) is 12.6. The van der Waals surface area contributed by atoms with Crippen molar-refractivity contribution in [3.05, 3.63) is 12.2 Å². The van der Waals surface area contributed by atoms with E-state index in [9.17, 15) is 13.0 Å². The minimum atomic E-state index is -4.63. The zero-order valence-electron chi connectivity index (χ0n) is 32.2. The van der Waals surface area contributed by atoms with Gasteiger partial charge in [-0.3, -0.25) is 4.18 Å². The Morgan fingerprint density at radius 2 is 0.745 bits per heavy atom. The van der Waals surface area contributed by atoms with Crippen molar-refractivity contribution in [2.45, 2.75) is 239 Å². The molecule has 0 bridgehead atoms. The van der Waals surface area contributed by atoms with Crippen molar-refractivity contribution < 1.29 is 46.7 Å². The molecule has 0 aliphatic heterocycles. The molecule has 0 radical (unpaired) electrons. The SMILES string of the molecule is CCCCCCCCCCCCCCCCCCCC/C=C/C(CCCCCCCCCCCCCCCCC)COS(=O)(=O)[O-].[Na+]. The van der Waals surface area contributed by atoms with Crippen LogP contribution in [0.1, 0.15) is 239 Å². The third-order valence-corrected chi connectivity index (χ3v) is 10.2. The van der Waals surface area contributed by atoms with Gasteiger partial charge in [-0.1, -0.05) is 231 Å². The van der Waals surface area contributed by atoms with Crippen LogP contribution in [0.4, 0.5) is 0 Å². The van der Waals surface area contributed by atoms with Gasteiger partial charge in [0.2, 0.25) is 10.4 Å². The monoisotopic (exact) mass is 693 g/mol. The van der Waals surface area contributed by atoms with E-state index in [4.69, 9.17) is 0 Å². The fourth-order valence-corrected chi connectivity index (χ4v) is 6.98. The van der Waals surface area contributed by atoms with Crippen molar-refractivity contribution in [1.82, 2.24) is 0 Å². The Hall–Kier alpha value is 0.610. The summed E-state index contributed by atoms with van der Waals surface area (Å²) in [5.41, 5.74) is 0. The van der Waals surface area contributed by atoms with Crippen molar-refractivity contribution in [3.8, 4) is 0 Å². The maximum atomic E-state index is 11.0. The Labute approximate surface area is 318 Å². The van der Waals surface area contributed by atoms with Crippen LogP contribution in [-0.2, 0) is 14.6 Å². The van der Waals surface area contributed by atoms with Crippen LogP contribution in [0.3, 0.4) is 0 Å². The third-order valence-electron chi connectivity index (χ3n) is 9.74. The molecule has 0 fully saturated rings. The largest absolute Gasteiger partial charge is 1.00 e. The van der Waals surface area contributed by atoms with E-state index in [0.29, 0.717) is 0 Å². The molecule has 0 rings (SSSR count). The molecule has 4 nitrogen and oxygen atoms in total. The summed E-state index contributed by atoms with van der Waals surface area (Å²) in [5, 5.41) is 0. The van der Waals surface area contributed by atoms with E-state index in [1.807, 2.05) is 0 Å². The smallest absolute Gasteiger partial charge is 0.726 e. The molecule has 0 saturated carbocycles. The summed E-state index contributed by atoms with van der Waals surface area (Å²) in [6.07, 6.45) is 51.2. The number of rotatable bonds is 39.